The van der Waals surface area contributed by atoms with Gasteiger partial charge in [-0.2, -0.15) is 0 Å². The number of anilines is 1. The summed E-state index contributed by atoms with van der Waals surface area (Å²) in [6, 6.07) is 5.44. The van der Waals surface area contributed by atoms with E-state index in [1.807, 2.05) is 32.9 Å². The van der Waals surface area contributed by atoms with E-state index < -0.39 is 0 Å². The molecule has 1 atom stereocenters. The van der Waals surface area contributed by atoms with Crippen molar-refractivity contribution in [1.29, 1.82) is 0 Å². The summed E-state index contributed by atoms with van der Waals surface area (Å²) >= 11 is 0. The summed E-state index contributed by atoms with van der Waals surface area (Å²) in [7, 11) is 0. The van der Waals surface area contributed by atoms with Crippen LogP contribution in [-0.2, 0) is 11.3 Å². The van der Waals surface area contributed by atoms with E-state index in [2.05, 4.69) is 10.3 Å². The molecule has 0 radical (unpaired) electrons. The summed E-state index contributed by atoms with van der Waals surface area (Å²) in [5, 5.41) is 2.79. The molecule has 1 heterocycles. The number of hydrogen-bond donors (Lipinski definition) is 2. The van der Waals surface area contributed by atoms with Gasteiger partial charge >= 0.3 is 0 Å². The molecule has 3 N–H and O–H groups in total. The Bertz CT molecular complexity index is 363. The Hall–Kier alpha value is -1.42. The number of nitrogens with two attached hydrogens (primary N) is 1. The lowest BCUT2D eigenvalue weighted by Gasteiger charge is -2.15. The van der Waals surface area contributed by atoms with Gasteiger partial charge in [0.2, 0.25) is 5.91 Å². The predicted octanol–water partition coefficient (Wildman–Crippen LogP) is 1.77. The van der Waals surface area contributed by atoms with Crippen LogP contribution in [0.5, 0.6) is 0 Å². The van der Waals surface area contributed by atoms with Crippen molar-refractivity contribution in [2.24, 2.45) is 17.6 Å². The quantitative estimate of drug-likeness (QED) is 0.814. The number of nitrogens with zero attached hydrogens (tertiary/aromatic N) is 1. The third-order valence-electron chi connectivity index (χ3n) is 2.68. The predicted molar refractivity (Wildman–Crippen MR) is 64.8 cm³/mol. The lowest BCUT2D eigenvalue weighted by atomic mass is 9.97. The van der Waals surface area contributed by atoms with Crippen molar-refractivity contribution in [2.45, 2.75) is 27.3 Å². The first kappa shape index (κ1) is 12.6. The van der Waals surface area contributed by atoms with Crippen LogP contribution in [0.4, 0.5) is 5.82 Å². The number of hydrogen-bond acceptors (Lipinski definition) is 3. The maximum absolute atomic E-state index is 11.8. The summed E-state index contributed by atoms with van der Waals surface area (Å²) in [5.41, 5.74) is 6.26. The number of nitrogens with one attached hydrogen (secondary N) is 1. The number of carbonyl (C=O) groups excluding carboxylic acids is 1. The van der Waals surface area contributed by atoms with Crippen LogP contribution in [-0.4, -0.2) is 10.9 Å². The topological polar surface area (TPSA) is 68.0 Å². The summed E-state index contributed by atoms with van der Waals surface area (Å²) < 4.78 is 0. The van der Waals surface area contributed by atoms with E-state index in [4.69, 9.17) is 5.73 Å². The molecule has 0 fully saturated rings. The van der Waals surface area contributed by atoms with E-state index in [1.54, 1.807) is 6.07 Å². The lowest BCUT2D eigenvalue weighted by Crippen LogP contribution is -2.24. The van der Waals surface area contributed by atoms with Crippen molar-refractivity contribution in [3.63, 3.8) is 0 Å². The maximum atomic E-state index is 11.8. The minimum Gasteiger partial charge on any atom is -0.325 e. The molecule has 4 heteroatoms. The van der Waals surface area contributed by atoms with Crippen LogP contribution >= 0.6 is 0 Å². The molecule has 0 aliphatic carbocycles. The lowest BCUT2D eigenvalue weighted by molar-refractivity contribution is -0.120. The fraction of sp³-hybridized carbons (Fsp3) is 0.500. The van der Waals surface area contributed by atoms with Gasteiger partial charge in [-0.1, -0.05) is 26.8 Å². The third-order valence-corrected chi connectivity index (χ3v) is 2.68. The van der Waals surface area contributed by atoms with Crippen molar-refractivity contribution in [1.82, 2.24) is 4.98 Å². The van der Waals surface area contributed by atoms with Gasteiger partial charge in [0.1, 0.15) is 5.82 Å². The van der Waals surface area contributed by atoms with Crippen LogP contribution in [0, 0.1) is 11.8 Å². The van der Waals surface area contributed by atoms with Gasteiger partial charge in [-0.15, -0.1) is 0 Å². The van der Waals surface area contributed by atoms with E-state index in [1.165, 1.54) is 0 Å². The Morgan fingerprint density at radius 2 is 2.12 bits per heavy atom. The van der Waals surface area contributed by atoms with Crippen molar-refractivity contribution >= 4 is 11.7 Å². The van der Waals surface area contributed by atoms with Crippen molar-refractivity contribution in [2.75, 3.05) is 5.32 Å². The summed E-state index contributed by atoms with van der Waals surface area (Å²) in [6.07, 6.45) is 0. The molecule has 88 valence electrons. The molecular weight excluding hydrogens is 202 g/mol. The molecule has 0 bridgehead atoms. The molecule has 4 nitrogen and oxygen atoms in total. The first-order valence-electron chi connectivity index (χ1n) is 5.51. The molecule has 0 saturated carbocycles. The Morgan fingerprint density at radius 1 is 1.44 bits per heavy atom. The summed E-state index contributed by atoms with van der Waals surface area (Å²) in [6.45, 7) is 6.33. The number of amides is 1. The first-order valence-corrected chi connectivity index (χ1v) is 5.51. The summed E-state index contributed by atoms with van der Waals surface area (Å²) in [5.74, 6) is 0.859. The zero-order valence-corrected chi connectivity index (χ0v) is 10.0. The van der Waals surface area contributed by atoms with Crippen molar-refractivity contribution < 1.29 is 4.79 Å². The second-order valence-corrected chi connectivity index (χ2v) is 4.24. The second kappa shape index (κ2) is 5.61. The SMILES string of the molecule is CC(C)C(C)C(=O)Nc1cccc(CN)n1. The van der Waals surface area contributed by atoms with Gasteiger partial charge in [-0.3, -0.25) is 4.79 Å². The highest BCUT2D eigenvalue weighted by Gasteiger charge is 2.16. The van der Waals surface area contributed by atoms with Gasteiger partial charge in [-0.05, 0) is 18.1 Å². The molecule has 1 aromatic rings. The standard InChI is InChI=1S/C12H19N3O/c1-8(2)9(3)12(16)15-11-6-4-5-10(7-13)14-11/h4-6,8-9H,7,13H2,1-3H3,(H,14,15,16). The Morgan fingerprint density at radius 3 is 2.69 bits per heavy atom. The zero-order valence-electron chi connectivity index (χ0n) is 10.0. The smallest absolute Gasteiger partial charge is 0.228 e. The molecule has 16 heavy (non-hydrogen) atoms. The average molecular weight is 221 g/mol. The monoisotopic (exact) mass is 221 g/mol. The third kappa shape index (κ3) is 3.31. The van der Waals surface area contributed by atoms with Crippen LogP contribution in [0.1, 0.15) is 26.5 Å². The number of aromatic nitrogens is 1. The molecule has 1 unspecified atom stereocenters. The van der Waals surface area contributed by atoms with Gasteiger partial charge in [0, 0.05) is 12.5 Å². The van der Waals surface area contributed by atoms with E-state index in [0.717, 1.165) is 5.69 Å². The molecule has 0 aromatic carbocycles. The van der Waals surface area contributed by atoms with Crippen LogP contribution in [0.15, 0.2) is 18.2 Å². The maximum Gasteiger partial charge on any atom is 0.228 e. The van der Waals surface area contributed by atoms with Gasteiger partial charge in [0.25, 0.3) is 0 Å². The molecular formula is C12H19N3O. The molecule has 1 rings (SSSR count). The van der Waals surface area contributed by atoms with Crippen molar-refractivity contribution in [3.05, 3.63) is 23.9 Å². The van der Waals surface area contributed by atoms with E-state index >= 15 is 0 Å². The molecule has 0 spiro atoms. The van der Waals surface area contributed by atoms with Gasteiger partial charge in [-0.25, -0.2) is 4.98 Å². The minimum atomic E-state index is -0.0247. The minimum absolute atomic E-state index is 0.00308. The molecule has 0 saturated heterocycles. The Kier molecular flexibility index (Phi) is 4.43. The number of rotatable bonds is 4. The normalized spacial score (nSPS) is 12.6. The number of pyridine rings is 1. The fourth-order valence-electron chi connectivity index (χ4n) is 1.21. The van der Waals surface area contributed by atoms with Gasteiger partial charge < -0.3 is 11.1 Å². The Labute approximate surface area is 96.3 Å². The van der Waals surface area contributed by atoms with Crippen LogP contribution in [0.3, 0.4) is 0 Å². The van der Waals surface area contributed by atoms with Gasteiger partial charge in [0.15, 0.2) is 0 Å². The van der Waals surface area contributed by atoms with E-state index in [9.17, 15) is 4.79 Å². The van der Waals surface area contributed by atoms with Crippen LogP contribution in [0.2, 0.25) is 0 Å². The Balaban J connectivity index is 2.69. The van der Waals surface area contributed by atoms with E-state index in [0.29, 0.717) is 18.3 Å². The number of carbonyl (C=O) groups is 1. The summed E-state index contributed by atoms with van der Waals surface area (Å²) in [4.78, 5) is 16.0. The largest absolute Gasteiger partial charge is 0.325 e. The van der Waals surface area contributed by atoms with Crippen molar-refractivity contribution in [3.8, 4) is 0 Å². The fourth-order valence-corrected chi connectivity index (χ4v) is 1.21. The first-order chi connectivity index (χ1) is 7.54. The molecule has 1 amide bonds. The van der Waals surface area contributed by atoms with Crippen LogP contribution in [0.25, 0.3) is 0 Å². The second-order valence-electron chi connectivity index (χ2n) is 4.24. The highest BCUT2D eigenvalue weighted by molar-refractivity contribution is 5.91. The molecule has 0 aliphatic heterocycles. The van der Waals surface area contributed by atoms with Gasteiger partial charge in [0.05, 0.1) is 5.69 Å². The zero-order chi connectivity index (χ0) is 12.1. The molecule has 0 aliphatic rings. The molecule has 1 aromatic heterocycles. The van der Waals surface area contributed by atoms with Crippen LogP contribution < -0.4 is 11.1 Å². The highest BCUT2D eigenvalue weighted by Crippen LogP contribution is 2.13. The van der Waals surface area contributed by atoms with E-state index in [-0.39, 0.29) is 11.8 Å². The average Bonchev–Trinajstić information content (AvgIpc) is 2.28. The highest BCUT2D eigenvalue weighted by atomic mass is 16.1.